The van der Waals surface area contributed by atoms with E-state index in [1.165, 1.54) is 45.2 Å². The molecule has 88 valence electrons. The Morgan fingerprint density at radius 2 is 2.27 bits per heavy atom. The van der Waals surface area contributed by atoms with Crippen molar-refractivity contribution < 1.29 is 0 Å². The standard InChI is InChI=1S/C13H26N2/c1-3-14-11(2)5-4-8-15-10-12-6-7-13(15)9-12/h11-14H,3-10H2,1-2H3. The monoisotopic (exact) mass is 210 g/mol. The summed E-state index contributed by atoms with van der Waals surface area (Å²) in [6.07, 6.45) is 7.20. The Labute approximate surface area is 94.4 Å². The number of hydrogen-bond donors (Lipinski definition) is 1. The molecular weight excluding hydrogens is 184 g/mol. The molecule has 0 aromatic carbocycles. The van der Waals surface area contributed by atoms with E-state index in [1.807, 2.05) is 0 Å². The van der Waals surface area contributed by atoms with Crippen LogP contribution in [-0.2, 0) is 0 Å². The first-order valence-corrected chi connectivity index (χ1v) is 6.77. The lowest BCUT2D eigenvalue weighted by Gasteiger charge is -2.27. The summed E-state index contributed by atoms with van der Waals surface area (Å²) in [4.78, 5) is 2.74. The van der Waals surface area contributed by atoms with Gasteiger partial charge in [-0.2, -0.15) is 0 Å². The van der Waals surface area contributed by atoms with Gasteiger partial charge in [0.2, 0.25) is 0 Å². The van der Waals surface area contributed by atoms with Gasteiger partial charge in [0.15, 0.2) is 0 Å². The largest absolute Gasteiger partial charge is 0.315 e. The first-order chi connectivity index (χ1) is 7.29. The lowest BCUT2D eigenvalue weighted by Crippen LogP contribution is -2.34. The molecule has 1 heterocycles. The van der Waals surface area contributed by atoms with E-state index in [9.17, 15) is 0 Å². The van der Waals surface area contributed by atoms with E-state index >= 15 is 0 Å². The zero-order valence-corrected chi connectivity index (χ0v) is 10.3. The van der Waals surface area contributed by atoms with Crippen molar-refractivity contribution in [3.63, 3.8) is 0 Å². The molecule has 15 heavy (non-hydrogen) atoms. The van der Waals surface area contributed by atoms with Gasteiger partial charge in [0, 0.05) is 18.6 Å². The number of fused-ring (bicyclic) bond motifs is 2. The van der Waals surface area contributed by atoms with Gasteiger partial charge < -0.3 is 10.2 Å². The molecule has 1 saturated carbocycles. The molecule has 2 nitrogen and oxygen atoms in total. The Bertz CT molecular complexity index is 193. The lowest BCUT2D eigenvalue weighted by molar-refractivity contribution is 0.207. The summed E-state index contributed by atoms with van der Waals surface area (Å²) in [5, 5.41) is 3.49. The van der Waals surface area contributed by atoms with Crippen LogP contribution in [0.1, 0.15) is 46.0 Å². The zero-order valence-electron chi connectivity index (χ0n) is 10.3. The average molecular weight is 210 g/mol. The highest BCUT2D eigenvalue weighted by Crippen LogP contribution is 2.37. The molecule has 0 amide bonds. The van der Waals surface area contributed by atoms with Crippen molar-refractivity contribution >= 4 is 0 Å². The predicted octanol–water partition coefficient (Wildman–Crippen LogP) is 2.25. The van der Waals surface area contributed by atoms with Crippen molar-refractivity contribution in [1.29, 1.82) is 0 Å². The van der Waals surface area contributed by atoms with Crippen LogP contribution in [0.4, 0.5) is 0 Å². The molecule has 0 spiro atoms. The molecule has 0 aromatic heterocycles. The quantitative estimate of drug-likeness (QED) is 0.723. The molecule has 1 N–H and O–H groups in total. The van der Waals surface area contributed by atoms with E-state index in [1.54, 1.807) is 0 Å². The van der Waals surface area contributed by atoms with Crippen molar-refractivity contribution in [3.8, 4) is 0 Å². The number of nitrogens with one attached hydrogen (secondary N) is 1. The van der Waals surface area contributed by atoms with Crippen LogP contribution >= 0.6 is 0 Å². The molecule has 2 aliphatic rings. The van der Waals surface area contributed by atoms with Gasteiger partial charge in [-0.25, -0.2) is 0 Å². The summed E-state index contributed by atoms with van der Waals surface area (Å²) < 4.78 is 0. The molecule has 2 bridgehead atoms. The van der Waals surface area contributed by atoms with Crippen molar-refractivity contribution in [1.82, 2.24) is 10.2 Å². The highest BCUT2D eigenvalue weighted by atomic mass is 15.2. The van der Waals surface area contributed by atoms with E-state index in [2.05, 4.69) is 24.1 Å². The predicted molar refractivity (Wildman–Crippen MR) is 65.1 cm³/mol. The van der Waals surface area contributed by atoms with Gasteiger partial charge in [-0.3, -0.25) is 0 Å². The van der Waals surface area contributed by atoms with E-state index < -0.39 is 0 Å². The fourth-order valence-corrected chi connectivity index (χ4v) is 3.35. The van der Waals surface area contributed by atoms with Crippen molar-refractivity contribution in [2.75, 3.05) is 19.6 Å². The molecule has 0 radical (unpaired) electrons. The van der Waals surface area contributed by atoms with Gasteiger partial charge in [-0.15, -0.1) is 0 Å². The maximum atomic E-state index is 3.49. The topological polar surface area (TPSA) is 15.3 Å². The van der Waals surface area contributed by atoms with Crippen LogP contribution in [0.3, 0.4) is 0 Å². The number of likely N-dealkylation sites (tertiary alicyclic amines) is 1. The molecule has 2 heteroatoms. The lowest BCUT2D eigenvalue weighted by atomic mass is 10.1. The maximum Gasteiger partial charge on any atom is 0.00985 e. The summed E-state index contributed by atoms with van der Waals surface area (Å²) in [5.74, 6) is 1.06. The van der Waals surface area contributed by atoms with Gasteiger partial charge in [0.05, 0.1) is 0 Å². The van der Waals surface area contributed by atoms with E-state index in [-0.39, 0.29) is 0 Å². The highest BCUT2D eigenvalue weighted by molar-refractivity contribution is 4.91. The SMILES string of the molecule is CCNC(C)CCCN1CC2CCC1C2. The molecule has 1 aliphatic heterocycles. The zero-order chi connectivity index (χ0) is 10.7. The third-order valence-corrected chi connectivity index (χ3v) is 4.16. The molecule has 3 unspecified atom stereocenters. The minimum atomic E-state index is 0.704. The van der Waals surface area contributed by atoms with Crippen LogP contribution in [0.2, 0.25) is 0 Å². The minimum absolute atomic E-state index is 0.704. The fraction of sp³-hybridized carbons (Fsp3) is 1.00. The van der Waals surface area contributed by atoms with Crippen molar-refractivity contribution in [3.05, 3.63) is 0 Å². The van der Waals surface area contributed by atoms with Gasteiger partial charge in [0.25, 0.3) is 0 Å². The number of hydrogen-bond acceptors (Lipinski definition) is 2. The van der Waals surface area contributed by atoms with Crippen molar-refractivity contribution in [2.45, 2.75) is 58.0 Å². The fourth-order valence-electron chi connectivity index (χ4n) is 3.35. The second kappa shape index (κ2) is 5.31. The average Bonchev–Trinajstić information content (AvgIpc) is 2.79. The van der Waals surface area contributed by atoms with Crippen LogP contribution in [0.25, 0.3) is 0 Å². The maximum absolute atomic E-state index is 3.49. The first kappa shape index (κ1) is 11.4. The summed E-state index contributed by atoms with van der Waals surface area (Å²) in [6.45, 7) is 8.35. The Hall–Kier alpha value is -0.0800. The molecule has 1 aliphatic carbocycles. The normalized spacial score (nSPS) is 32.4. The minimum Gasteiger partial charge on any atom is -0.315 e. The summed E-state index contributed by atoms with van der Waals surface area (Å²) >= 11 is 0. The third kappa shape index (κ3) is 2.94. The van der Waals surface area contributed by atoms with Gasteiger partial charge in [-0.1, -0.05) is 6.92 Å². The Morgan fingerprint density at radius 3 is 2.87 bits per heavy atom. The first-order valence-electron chi connectivity index (χ1n) is 6.77. The molecule has 1 saturated heterocycles. The van der Waals surface area contributed by atoms with Crippen LogP contribution in [0, 0.1) is 5.92 Å². The van der Waals surface area contributed by atoms with Crippen LogP contribution in [-0.4, -0.2) is 36.6 Å². The Kier molecular flexibility index (Phi) is 4.04. The molecule has 0 aromatic rings. The highest BCUT2D eigenvalue weighted by Gasteiger charge is 2.36. The van der Waals surface area contributed by atoms with E-state index in [4.69, 9.17) is 0 Å². The Morgan fingerprint density at radius 1 is 1.40 bits per heavy atom. The number of nitrogens with zero attached hydrogens (tertiary/aromatic N) is 1. The molecule has 3 atom stereocenters. The molecule has 2 fully saturated rings. The van der Waals surface area contributed by atoms with E-state index in [0.717, 1.165) is 18.5 Å². The summed E-state index contributed by atoms with van der Waals surface area (Å²) in [5.41, 5.74) is 0. The third-order valence-electron chi connectivity index (χ3n) is 4.16. The van der Waals surface area contributed by atoms with Crippen LogP contribution < -0.4 is 5.32 Å². The van der Waals surface area contributed by atoms with Crippen LogP contribution in [0.15, 0.2) is 0 Å². The molecule has 2 rings (SSSR count). The Balaban J connectivity index is 1.58. The second-order valence-electron chi connectivity index (χ2n) is 5.43. The second-order valence-corrected chi connectivity index (χ2v) is 5.43. The number of piperidine rings is 1. The number of rotatable bonds is 6. The molecular formula is C13H26N2. The van der Waals surface area contributed by atoms with Crippen LogP contribution in [0.5, 0.6) is 0 Å². The van der Waals surface area contributed by atoms with Gasteiger partial charge in [-0.05, 0) is 58.0 Å². The van der Waals surface area contributed by atoms with E-state index in [0.29, 0.717) is 6.04 Å². The van der Waals surface area contributed by atoms with Crippen molar-refractivity contribution in [2.24, 2.45) is 5.92 Å². The summed E-state index contributed by atoms with van der Waals surface area (Å²) in [6, 6.07) is 1.67. The smallest absolute Gasteiger partial charge is 0.00985 e. The summed E-state index contributed by atoms with van der Waals surface area (Å²) in [7, 11) is 0. The van der Waals surface area contributed by atoms with Gasteiger partial charge in [0.1, 0.15) is 0 Å². The van der Waals surface area contributed by atoms with Gasteiger partial charge >= 0.3 is 0 Å².